The van der Waals surface area contributed by atoms with Crippen molar-refractivity contribution in [3.8, 4) is 0 Å². The molecule has 1 aliphatic heterocycles. The van der Waals surface area contributed by atoms with Crippen LogP contribution in [-0.4, -0.2) is 70.9 Å². The second-order valence-electron chi connectivity index (χ2n) is 7.22. The summed E-state index contributed by atoms with van der Waals surface area (Å²) in [7, 11) is 3.14. The molecule has 1 N–H and O–H groups in total. The molecule has 1 aromatic carbocycles. The summed E-state index contributed by atoms with van der Waals surface area (Å²) in [5, 5.41) is 2.91. The average molecular weight is 383 g/mol. The zero-order chi connectivity index (χ0) is 19.5. The van der Waals surface area contributed by atoms with Crippen LogP contribution in [0, 0.1) is 0 Å². The van der Waals surface area contributed by atoms with Gasteiger partial charge in [0.15, 0.2) is 0 Å². The molecule has 8 heteroatoms. The summed E-state index contributed by atoms with van der Waals surface area (Å²) in [6.45, 7) is 3.38. The van der Waals surface area contributed by atoms with Crippen LogP contribution < -0.4 is 10.2 Å². The number of carbonyl (C=O) groups excluding carboxylic acids is 1. The topological polar surface area (TPSA) is 73.0 Å². The van der Waals surface area contributed by atoms with E-state index in [0.29, 0.717) is 18.3 Å². The van der Waals surface area contributed by atoms with E-state index in [0.717, 1.165) is 25.1 Å². The number of sulfonamides is 1. The van der Waals surface area contributed by atoms with Gasteiger partial charge in [0.05, 0.1) is 22.8 Å². The summed E-state index contributed by atoms with van der Waals surface area (Å²) in [5.74, 6) is -0.124. The smallest absolute Gasteiger partial charge is 0.242 e. The number of rotatable bonds is 6. The van der Waals surface area contributed by atoms with Crippen molar-refractivity contribution in [2.45, 2.75) is 37.1 Å². The predicted octanol–water partition coefficient (Wildman–Crippen LogP) is 1.82. The van der Waals surface area contributed by atoms with E-state index in [1.165, 1.54) is 30.9 Å². The molecule has 0 saturated carbocycles. The number of nitrogens with zero attached hydrogens (tertiary/aromatic N) is 3. The Kier molecular flexibility index (Phi) is 6.65. The molecule has 1 amide bonds. The molecule has 0 aliphatic carbocycles. The van der Waals surface area contributed by atoms with E-state index in [2.05, 4.69) is 17.1 Å². The number of amides is 1. The molecule has 0 unspecified atom stereocenters. The molecule has 0 radical (unpaired) electrons. The second-order valence-corrected chi connectivity index (χ2v) is 9.38. The maximum atomic E-state index is 12.6. The highest BCUT2D eigenvalue weighted by atomic mass is 32.2. The van der Waals surface area contributed by atoms with Crippen LogP contribution in [0.15, 0.2) is 23.1 Å². The zero-order valence-corrected chi connectivity index (χ0v) is 17.1. The molecule has 26 heavy (non-hydrogen) atoms. The number of hydrogen-bond donors (Lipinski definition) is 1. The predicted molar refractivity (Wildman–Crippen MR) is 105 cm³/mol. The SMILES string of the molecule is C[C@H]1CCCCN1CC(=O)Nc1cc(S(=O)(=O)N(C)C)ccc1N(C)C. The van der Waals surface area contributed by atoms with Crippen molar-refractivity contribution in [2.75, 3.05) is 51.5 Å². The summed E-state index contributed by atoms with van der Waals surface area (Å²) in [6, 6.07) is 5.20. The molecule has 2 rings (SSSR count). The van der Waals surface area contributed by atoms with E-state index in [4.69, 9.17) is 0 Å². The lowest BCUT2D eigenvalue weighted by Gasteiger charge is -2.32. The van der Waals surface area contributed by atoms with Crippen molar-refractivity contribution >= 4 is 27.3 Å². The minimum Gasteiger partial charge on any atom is -0.376 e. The van der Waals surface area contributed by atoms with Gasteiger partial charge in [-0.05, 0) is 44.5 Å². The quantitative estimate of drug-likeness (QED) is 0.812. The second kappa shape index (κ2) is 8.37. The van der Waals surface area contributed by atoms with Crippen LogP contribution in [0.5, 0.6) is 0 Å². The molecule has 0 bridgehead atoms. The highest BCUT2D eigenvalue weighted by Crippen LogP contribution is 2.28. The Morgan fingerprint density at radius 1 is 1.23 bits per heavy atom. The Morgan fingerprint density at radius 3 is 2.50 bits per heavy atom. The Labute approximate surface area is 157 Å². The first-order valence-corrected chi connectivity index (χ1v) is 10.3. The lowest BCUT2D eigenvalue weighted by Crippen LogP contribution is -2.42. The van der Waals surface area contributed by atoms with Crippen molar-refractivity contribution in [3.63, 3.8) is 0 Å². The number of piperidine rings is 1. The fourth-order valence-electron chi connectivity index (χ4n) is 3.14. The molecular formula is C18H30N4O3S. The van der Waals surface area contributed by atoms with Crippen LogP contribution in [0.25, 0.3) is 0 Å². The lowest BCUT2D eigenvalue weighted by molar-refractivity contribution is -0.118. The first-order valence-electron chi connectivity index (χ1n) is 8.90. The van der Waals surface area contributed by atoms with Gasteiger partial charge in [-0.1, -0.05) is 6.42 Å². The minimum absolute atomic E-state index is 0.124. The molecule has 1 heterocycles. The number of benzene rings is 1. The Bertz CT molecular complexity index is 747. The van der Waals surface area contributed by atoms with Crippen molar-refractivity contribution in [1.82, 2.24) is 9.21 Å². The number of anilines is 2. The third kappa shape index (κ3) is 4.75. The first kappa shape index (κ1) is 20.7. The van der Waals surface area contributed by atoms with E-state index in [1.54, 1.807) is 12.1 Å². The normalized spacial score (nSPS) is 18.8. The summed E-state index contributed by atoms with van der Waals surface area (Å²) < 4.78 is 26.0. The summed E-state index contributed by atoms with van der Waals surface area (Å²) in [4.78, 5) is 16.8. The first-order chi connectivity index (χ1) is 12.1. The average Bonchev–Trinajstić information content (AvgIpc) is 2.56. The summed E-state index contributed by atoms with van der Waals surface area (Å²) >= 11 is 0. The van der Waals surface area contributed by atoms with Gasteiger partial charge in [-0.15, -0.1) is 0 Å². The molecule has 1 aliphatic rings. The number of carbonyl (C=O) groups is 1. The van der Waals surface area contributed by atoms with Crippen LogP contribution >= 0.6 is 0 Å². The third-order valence-corrected chi connectivity index (χ3v) is 6.60. The zero-order valence-electron chi connectivity index (χ0n) is 16.3. The van der Waals surface area contributed by atoms with Gasteiger partial charge in [0.25, 0.3) is 0 Å². The fraction of sp³-hybridized carbons (Fsp3) is 0.611. The van der Waals surface area contributed by atoms with Crippen LogP contribution in [0.3, 0.4) is 0 Å². The molecule has 146 valence electrons. The van der Waals surface area contributed by atoms with Gasteiger partial charge in [-0.2, -0.15) is 0 Å². The highest BCUT2D eigenvalue weighted by Gasteiger charge is 2.23. The van der Waals surface area contributed by atoms with E-state index in [1.807, 2.05) is 19.0 Å². The van der Waals surface area contributed by atoms with Gasteiger partial charge in [0.2, 0.25) is 15.9 Å². The van der Waals surface area contributed by atoms with Crippen molar-refractivity contribution in [1.29, 1.82) is 0 Å². The summed E-state index contributed by atoms with van der Waals surface area (Å²) in [5.41, 5.74) is 1.27. The highest BCUT2D eigenvalue weighted by molar-refractivity contribution is 7.89. The Balaban J connectivity index is 2.24. The van der Waals surface area contributed by atoms with E-state index in [-0.39, 0.29) is 10.8 Å². The molecule has 0 aromatic heterocycles. The molecule has 1 fully saturated rings. The maximum Gasteiger partial charge on any atom is 0.242 e. The van der Waals surface area contributed by atoms with Gasteiger partial charge in [-0.3, -0.25) is 9.69 Å². The van der Waals surface area contributed by atoms with Crippen LogP contribution in [-0.2, 0) is 14.8 Å². The largest absolute Gasteiger partial charge is 0.376 e. The molecule has 1 saturated heterocycles. The third-order valence-electron chi connectivity index (χ3n) is 4.79. The molecule has 1 aromatic rings. The van der Waals surface area contributed by atoms with E-state index in [9.17, 15) is 13.2 Å². The molecular weight excluding hydrogens is 352 g/mol. The fourth-order valence-corrected chi connectivity index (χ4v) is 4.07. The summed E-state index contributed by atoms with van der Waals surface area (Å²) in [6.07, 6.45) is 3.42. The number of hydrogen-bond acceptors (Lipinski definition) is 5. The standard InChI is InChI=1S/C18H30N4O3S/c1-14-8-6-7-11-22(14)13-18(23)19-16-12-15(26(24,25)21(4)5)9-10-17(16)20(2)3/h9-10,12,14H,6-8,11,13H2,1-5H3,(H,19,23)/t14-/m0/s1. The van der Waals surface area contributed by atoms with Gasteiger partial charge in [0, 0.05) is 34.2 Å². The monoisotopic (exact) mass is 382 g/mol. The lowest BCUT2D eigenvalue weighted by atomic mass is 10.0. The van der Waals surface area contributed by atoms with Crippen molar-refractivity contribution < 1.29 is 13.2 Å². The van der Waals surface area contributed by atoms with Gasteiger partial charge >= 0.3 is 0 Å². The van der Waals surface area contributed by atoms with Crippen molar-refractivity contribution in [2.24, 2.45) is 0 Å². The van der Waals surface area contributed by atoms with Gasteiger partial charge in [0.1, 0.15) is 0 Å². The van der Waals surface area contributed by atoms with Gasteiger partial charge < -0.3 is 10.2 Å². The molecule has 0 spiro atoms. The molecule has 1 atom stereocenters. The van der Waals surface area contributed by atoms with E-state index >= 15 is 0 Å². The van der Waals surface area contributed by atoms with Crippen LogP contribution in [0.4, 0.5) is 11.4 Å². The number of likely N-dealkylation sites (tertiary alicyclic amines) is 1. The maximum absolute atomic E-state index is 12.6. The Hall–Kier alpha value is -1.64. The Morgan fingerprint density at radius 2 is 1.92 bits per heavy atom. The van der Waals surface area contributed by atoms with Crippen LogP contribution in [0.2, 0.25) is 0 Å². The van der Waals surface area contributed by atoms with Crippen LogP contribution in [0.1, 0.15) is 26.2 Å². The minimum atomic E-state index is -3.56. The van der Waals surface area contributed by atoms with Crippen molar-refractivity contribution in [3.05, 3.63) is 18.2 Å². The number of nitrogens with one attached hydrogen (secondary N) is 1. The van der Waals surface area contributed by atoms with Gasteiger partial charge in [-0.25, -0.2) is 12.7 Å². The van der Waals surface area contributed by atoms with E-state index < -0.39 is 10.0 Å². The molecule has 7 nitrogen and oxygen atoms in total.